The van der Waals surface area contributed by atoms with Crippen LogP contribution in [0.15, 0.2) is 24.3 Å². The molecule has 4 N–H and O–H groups in total. The number of amides is 4. The number of carbonyl (C=O) groups excluding carboxylic acids is 4. The highest BCUT2D eigenvalue weighted by Crippen LogP contribution is 2.51. The van der Waals surface area contributed by atoms with Crippen LogP contribution in [-0.2, 0) is 32.3 Å². The number of halogens is 2. The Bertz CT molecular complexity index is 2150. The summed E-state index contributed by atoms with van der Waals surface area (Å²) in [6.07, 6.45) is 1.59. The molecule has 6 heterocycles. The largest absolute Gasteiger partial charge is 0.488 e. The summed E-state index contributed by atoms with van der Waals surface area (Å²) in [6.45, 7) is 9.05. The maximum Gasteiger partial charge on any atom is 0.407 e. The lowest BCUT2D eigenvalue weighted by molar-refractivity contribution is -0.136. The third kappa shape index (κ3) is 7.48. The molecule has 16 nitrogen and oxygen atoms in total. The Morgan fingerprint density at radius 3 is 1.47 bits per heavy atom. The normalized spacial score (nSPS) is 18.8. The zero-order valence-corrected chi connectivity index (χ0v) is 35.8. The fourth-order valence-corrected chi connectivity index (χ4v) is 9.27. The number of benzene rings is 2. The number of likely N-dealkylation sites (tertiary alicyclic amines) is 2. The Morgan fingerprint density at radius 1 is 0.700 bits per heavy atom. The van der Waals surface area contributed by atoms with E-state index in [1.807, 2.05) is 52.0 Å². The highest BCUT2D eigenvalue weighted by Gasteiger charge is 2.40. The number of H-pyrrole nitrogens is 2. The van der Waals surface area contributed by atoms with E-state index in [-0.39, 0.29) is 48.9 Å². The van der Waals surface area contributed by atoms with Gasteiger partial charge in [0.15, 0.2) is 0 Å². The molecule has 18 heteroatoms. The summed E-state index contributed by atoms with van der Waals surface area (Å²) in [7, 11) is 2.54. The van der Waals surface area contributed by atoms with E-state index in [1.54, 1.807) is 9.80 Å². The highest BCUT2D eigenvalue weighted by molar-refractivity contribution is 6.32. The van der Waals surface area contributed by atoms with Crippen LogP contribution < -0.4 is 20.1 Å². The van der Waals surface area contributed by atoms with Crippen LogP contribution in [0.2, 0.25) is 10.3 Å². The van der Waals surface area contributed by atoms with Gasteiger partial charge in [-0.1, -0.05) is 50.9 Å². The number of rotatable bonds is 10. The van der Waals surface area contributed by atoms with E-state index in [9.17, 15) is 19.2 Å². The molecule has 318 valence electrons. The van der Waals surface area contributed by atoms with Crippen LogP contribution in [0.1, 0.15) is 88.2 Å². The van der Waals surface area contributed by atoms with Gasteiger partial charge in [-0.2, -0.15) is 0 Å². The van der Waals surface area contributed by atoms with Crippen LogP contribution in [0.4, 0.5) is 9.59 Å². The quantitative estimate of drug-likeness (QED) is 0.126. The van der Waals surface area contributed by atoms with Crippen LogP contribution in [0.25, 0.3) is 33.6 Å². The first-order chi connectivity index (χ1) is 28.8. The third-order valence-electron chi connectivity index (χ3n) is 11.8. The van der Waals surface area contributed by atoms with Crippen molar-refractivity contribution in [2.45, 2.75) is 90.8 Å². The molecule has 0 spiro atoms. The van der Waals surface area contributed by atoms with Crippen LogP contribution >= 0.6 is 23.2 Å². The van der Waals surface area contributed by atoms with Gasteiger partial charge in [0.2, 0.25) is 11.8 Å². The van der Waals surface area contributed by atoms with E-state index in [4.69, 9.17) is 52.1 Å². The SMILES string of the molecule is COC(=O)NC(C(=O)N1CCC[C@H]1c1nc(-c2cc3c4c(c2)OCc2cc(-c5nc([C@@H]6CCCN6C(=O)[C@@H](NC(=O)OC)C(C)C)[nH]c5Cl)cc(c2-4)OC3)c(Cl)[nH]1)C(C)C. The Balaban J connectivity index is 1.05. The summed E-state index contributed by atoms with van der Waals surface area (Å²) in [5.41, 5.74) is 6.20. The zero-order valence-electron chi connectivity index (χ0n) is 34.2. The smallest absolute Gasteiger partial charge is 0.407 e. The minimum Gasteiger partial charge on any atom is -0.488 e. The van der Waals surface area contributed by atoms with Crippen molar-refractivity contribution in [2.75, 3.05) is 27.3 Å². The molecular weight excluding hydrogens is 815 g/mol. The number of carbonyl (C=O) groups is 4. The number of hydrogen-bond donors (Lipinski definition) is 4. The topological polar surface area (TPSA) is 193 Å². The number of nitrogens with zero attached hydrogens (tertiary/aromatic N) is 4. The molecule has 0 radical (unpaired) electrons. The molecular formula is C42H48Cl2N8O8. The molecule has 4 aliphatic heterocycles. The number of hydrogen-bond acceptors (Lipinski definition) is 10. The van der Waals surface area contributed by atoms with E-state index in [0.29, 0.717) is 70.8 Å². The number of alkyl carbamates (subject to hydrolysis) is 2. The van der Waals surface area contributed by atoms with Gasteiger partial charge in [0.05, 0.1) is 26.3 Å². The molecule has 4 atom stereocenters. The van der Waals surface area contributed by atoms with Gasteiger partial charge in [0.25, 0.3) is 0 Å². The molecule has 0 bridgehead atoms. The first kappa shape index (κ1) is 41.3. The lowest BCUT2D eigenvalue weighted by Crippen LogP contribution is -2.51. The predicted octanol–water partition coefficient (Wildman–Crippen LogP) is 7.31. The summed E-state index contributed by atoms with van der Waals surface area (Å²) >= 11 is 13.7. The van der Waals surface area contributed by atoms with Crippen molar-refractivity contribution in [1.82, 2.24) is 40.4 Å². The first-order valence-electron chi connectivity index (χ1n) is 20.2. The van der Waals surface area contributed by atoms with Crippen molar-refractivity contribution in [3.05, 3.63) is 57.3 Å². The Morgan fingerprint density at radius 2 is 1.10 bits per heavy atom. The van der Waals surface area contributed by atoms with Gasteiger partial charge < -0.3 is 49.3 Å². The number of aromatic amines is 2. The number of nitrogens with one attached hydrogen (secondary N) is 4. The lowest BCUT2D eigenvalue weighted by atomic mass is 9.87. The standard InChI is InChI=1S/C42H48Cl2N8O8/c1-19(2)31(47-41(55)57-5)39(53)51-11-7-9-25(51)37-45-33(35(43)49-37)21-13-23-17-60-28-16-22(14-24-18-59-27(15-21)29(23)30(24)28)34-36(44)50-38(46-34)26-10-8-12-52(26)40(54)32(20(3)4)48-42(56)58-6/h13-16,19-20,25-26,31-32H,7-12,17-18H2,1-6H3,(H,45,49)(H,46,50)(H,47,55)(H,48,56)/t25-,26-,31-,32?/m0/s1. The van der Waals surface area contributed by atoms with E-state index in [2.05, 4.69) is 20.6 Å². The number of ether oxygens (including phenoxy) is 4. The highest BCUT2D eigenvalue weighted by atomic mass is 35.5. The monoisotopic (exact) mass is 862 g/mol. The second-order valence-electron chi connectivity index (χ2n) is 16.3. The molecule has 4 amide bonds. The van der Waals surface area contributed by atoms with Crippen LogP contribution in [-0.4, -0.2) is 93.1 Å². The number of methoxy groups -OCH3 is 2. The Kier molecular flexibility index (Phi) is 11.4. The second kappa shape index (κ2) is 16.5. The predicted molar refractivity (Wildman–Crippen MR) is 221 cm³/mol. The van der Waals surface area contributed by atoms with Crippen molar-refractivity contribution in [3.8, 4) is 45.1 Å². The van der Waals surface area contributed by atoms with E-state index in [1.165, 1.54) is 14.2 Å². The van der Waals surface area contributed by atoms with Gasteiger partial charge in [0, 0.05) is 46.5 Å². The number of imidazole rings is 2. The average Bonchev–Trinajstić information content (AvgIpc) is 4.06. The van der Waals surface area contributed by atoms with Crippen LogP contribution in [0, 0.1) is 11.8 Å². The maximum atomic E-state index is 13.7. The third-order valence-corrected chi connectivity index (χ3v) is 12.3. The fourth-order valence-electron chi connectivity index (χ4n) is 8.78. The number of aromatic nitrogens is 4. The molecule has 8 rings (SSSR count). The second-order valence-corrected chi connectivity index (χ2v) is 17.0. The summed E-state index contributed by atoms with van der Waals surface area (Å²) in [4.78, 5) is 71.4. The summed E-state index contributed by atoms with van der Waals surface area (Å²) in [6, 6.07) is 5.65. The molecule has 60 heavy (non-hydrogen) atoms. The zero-order chi connectivity index (χ0) is 42.6. The molecule has 2 saturated heterocycles. The first-order valence-corrected chi connectivity index (χ1v) is 20.9. The Hall–Kier alpha value is -5.48. The van der Waals surface area contributed by atoms with E-state index in [0.717, 1.165) is 46.2 Å². The van der Waals surface area contributed by atoms with Crippen molar-refractivity contribution in [1.29, 1.82) is 0 Å². The maximum absolute atomic E-state index is 13.7. The minimum absolute atomic E-state index is 0.161. The average molecular weight is 864 g/mol. The van der Waals surface area contributed by atoms with Gasteiger partial charge in [-0.15, -0.1) is 0 Å². The molecule has 2 aromatic carbocycles. The molecule has 2 aromatic heterocycles. The molecule has 4 aliphatic rings. The van der Waals surface area contributed by atoms with Gasteiger partial charge in [-0.05, 0) is 61.8 Å². The van der Waals surface area contributed by atoms with Crippen LogP contribution in [0.3, 0.4) is 0 Å². The van der Waals surface area contributed by atoms with Crippen LogP contribution in [0.5, 0.6) is 11.5 Å². The van der Waals surface area contributed by atoms with Crippen molar-refractivity contribution in [3.63, 3.8) is 0 Å². The molecule has 1 unspecified atom stereocenters. The summed E-state index contributed by atoms with van der Waals surface area (Å²) in [5, 5.41) is 6.03. The summed E-state index contributed by atoms with van der Waals surface area (Å²) < 4.78 is 22.4. The van der Waals surface area contributed by atoms with Crippen molar-refractivity contribution < 1.29 is 38.1 Å². The lowest BCUT2D eigenvalue weighted by Gasteiger charge is -2.30. The summed E-state index contributed by atoms with van der Waals surface area (Å²) in [5.74, 6) is 1.74. The van der Waals surface area contributed by atoms with Gasteiger partial charge in [-0.25, -0.2) is 19.6 Å². The van der Waals surface area contributed by atoms with Gasteiger partial charge >= 0.3 is 12.2 Å². The molecule has 0 saturated carbocycles. The van der Waals surface area contributed by atoms with Crippen molar-refractivity contribution in [2.24, 2.45) is 11.8 Å². The van der Waals surface area contributed by atoms with E-state index < -0.39 is 24.3 Å². The molecule has 0 aliphatic carbocycles. The van der Waals surface area contributed by atoms with Crippen molar-refractivity contribution >= 4 is 47.2 Å². The Labute approximate surface area is 357 Å². The van der Waals surface area contributed by atoms with E-state index >= 15 is 0 Å². The van der Waals surface area contributed by atoms with Gasteiger partial charge in [-0.3, -0.25) is 9.59 Å². The minimum atomic E-state index is -0.756. The van der Waals surface area contributed by atoms with Gasteiger partial charge in [0.1, 0.15) is 70.1 Å². The molecule has 4 aromatic rings. The molecule has 2 fully saturated rings. The fraction of sp³-hybridized carbons (Fsp3) is 0.476.